The summed E-state index contributed by atoms with van der Waals surface area (Å²) in [5.41, 5.74) is 1.22. The SMILES string of the molecule is CN1[C@H]2CC[C@@H]1CN(c1ccnnc1)CC2. The molecule has 0 radical (unpaired) electrons. The van der Waals surface area contributed by atoms with Crippen LogP contribution >= 0.6 is 0 Å². The number of aromatic nitrogens is 2. The summed E-state index contributed by atoms with van der Waals surface area (Å²) in [5, 5.41) is 7.81. The molecule has 3 rings (SSSR count). The highest BCUT2D eigenvalue weighted by atomic mass is 15.3. The maximum atomic E-state index is 3.97. The van der Waals surface area contributed by atoms with E-state index in [2.05, 4.69) is 33.1 Å². The zero-order valence-corrected chi connectivity index (χ0v) is 9.71. The second kappa shape index (κ2) is 4.01. The van der Waals surface area contributed by atoms with E-state index in [9.17, 15) is 0 Å². The third-order valence-electron chi connectivity index (χ3n) is 4.08. The molecule has 2 bridgehead atoms. The molecule has 4 nitrogen and oxygen atoms in total. The van der Waals surface area contributed by atoms with Crippen molar-refractivity contribution in [1.29, 1.82) is 0 Å². The summed E-state index contributed by atoms with van der Waals surface area (Å²) in [7, 11) is 2.27. The maximum absolute atomic E-state index is 3.97. The minimum absolute atomic E-state index is 0.723. The Morgan fingerprint density at radius 1 is 1.19 bits per heavy atom. The van der Waals surface area contributed by atoms with Crippen molar-refractivity contribution < 1.29 is 0 Å². The van der Waals surface area contributed by atoms with Crippen molar-refractivity contribution in [2.75, 3.05) is 25.0 Å². The Kier molecular flexibility index (Phi) is 2.52. The molecule has 0 spiro atoms. The van der Waals surface area contributed by atoms with Crippen molar-refractivity contribution >= 4 is 5.69 Å². The molecular formula is C12H18N4. The Labute approximate surface area is 96.3 Å². The van der Waals surface area contributed by atoms with E-state index in [4.69, 9.17) is 0 Å². The number of anilines is 1. The van der Waals surface area contributed by atoms with Gasteiger partial charge in [-0.1, -0.05) is 0 Å². The third-order valence-corrected chi connectivity index (χ3v) is 4.08. The Bertz CT molecular complexity index is 353. The molecule has 2 fully saturated rings. The van der Waals surface area contributed by atoms with Gasteiger partial charge >= 0.3 is 0 Å². The van der Waals surface area contributed by atoms with Crippen LogP contribution in [0, 0.1) is 0 Å². The van der Waals surface area contributed by atoms with Crippen LogP contribution < -0.4 is 4.90 Å². The molecule has 0 saturated carbocycles. The first-order chi connectivity index (χ1) is 7.84. The topological polar surface area (TPSA) is 32.3 Å². The van der Waals surface area contributed by atoms with E-state index in [0.29, 0.717) is 0 Å². The summed E-state index contributed by atoms with van der Waals surface area (Å²) in [4.78, 5) is 5.02. The Balaban J connectivity index is 1.79. The zero-order chi connectivity index (χ0) is 11.0. The highest BCUT2D eigenvalue weighted by molar-refractivity contribution is 5.43. The van der Waals surface area contributed by atoms with Gasteiger partial charge in [0.2, 0.25) is 0 Å². The molecule has 16 heavy (non-hydrogen) atoms. The minimum Gasteiger partial charge on any atom is -0.369 e. The molecule has 2 atom stereocenters. The first-order valence-corrected chi connectivity index (χ1v) is 6.08. The van der Waals surface area contributed by atoms with Gasteiger partial charge in [-0.05, 0) is 32.4 Å². The number of hydrogen-bond donors (Lipinski definition) is 0. The van der Waals surface area contributed by atoms with Crippen molar-refractivity contribution in [3.63, 3.8) is 0 Å². The van der Waals surface area contributed by atoms with Gasteiger partial charge in [-0.15, -0.1) is 0 Å². The number of nitrogens with zero attached hydrogens (tertiary/aromatic N) is 4. The van der Waals surface area contributed by atoms with E-state index in [0.717, 1.165) is 25.2 Å². The monoisotopic (exact) mass is 218 g/mol. The molecule has 2 aliphatic rings. The molecule has 0 N–H and O–H groups in total. The quantitative estimate of drug-likeness (QED) is 0.708. The summed E-state index contributed by atoms with van der Waals surface area (Å²) < 4.78 is 0. The highest BCUT2D eigenvalue weighted by Crippen LogP contribution is 2.30. The van der Waals surface area contributed by atoms with Crippen LogP contribution in [0.15, 0.2) is 18.5 Å². The first-order valence-electron chi connectivity index (χ1n) is 6.08. The molecular weight excluding hydrogens is 200 g/mol. The van der Waals surface area contributed by atoms with Gasteiger partial charge in [-0.2, -0.15) is 10.2 Å². The second-order valence-corrected chi connectivity index (χ2v) is 4.89. The number of fused-ring (bicyclic) bond motifs is 2. The van der Waals surface area contributed by atoms with Crippen molar-refractivity contribution in [3.8, 4) is 0 Å². The molecule has 0 aromatic carbocycles. The maximum Gasteiger partial charge on any atom is 0.0729 e. The lowest BCUT2D eigenvalue weighted by Gasteiger charge is -2.26. The van der Waals surface area contributed by atoms with Crippen molar-refractivity contribution in [2.45, 2.75) is 31.3 Å². The van der Waals surface area contributed by atoms with Crippen LogP contribution in [-0.2, 0) is 0 Å². The zero-order valence-electron chi connectivity index (χ0n) is 9.71. The van der Waals surface area contributed by atoms with Crippen LogP contribution in [-0.4, -0.2) is 47.3 Å². The van der Waals surface area contributed by atoms with Crippen LogP contribution in [0.5, 0.6) is 0 Å². The Morgan fingerprint density at radius 2 is 2.06 bits per heavy atom. The largest absolute Gasteiger partial charge is 0.369 e. The van der Waals surface area contributed by atoms with Crippen LogP contribution in [0.1, 0.15) is 19.3 Å². The predicted molar refractivity (Wildman–Crippen MR) is 63.4 cm³/mol. The molecule has 86 valence electrons. The summed E-state index contributed by atoms with van der Waals surface area (Å²) in [6, 6.07) is 3.58. The summed E-state index contributed by atoms with van der Waals surface area (Å²) in [6.45, 7) is 2.29. The van der Waals surface area contributed by atoms with E-state index < -0.39 is 0 Å². The van der Waals surface area contributed by atoms with E-state index in [-0.39, 0.29) is 0 Å². The lowest BCUT2D eigenvalue weighted by molar-refractivity contribution is 0.254. The minimum atomic E-state index is 0.723. The van der Waals surface area contributed by atoms with Gasteiger partial charge < -0.3 is 4.90 Å². The van der Waals surface area contributed by atoms with Crippen LogP contribution in [0.25, 0.3) is 0 Å². The van der Waals surface area contributed by atoms with Gasteiger partial charge in [0.05, 0.1) is 18.1 Å². The van der Waals surface area contributed by atoms with Gasteiger partial charge in [-0.3, -0.25) is 4.90 Å². The fourth-order valence-corrected chi connectivity index (χ4v) is 3.01. The molecule has 3 heterocycles. The van der Waals surface area contributed by atoms with E-state index in [1.165, 1.54) is 24.9 Å². The predicted octanol–water partition coefficient (Wildman–Crippen LogP) is 1.15. The molecule has 2 saturated heterocycles. The summed E-state index contributed by atoms with van der Waals surface area (Å²) >= 11 is 0. The van der Waals surface area contributed by atoms with Gasteiger partial charge in [0.1, 0.15) is 0 Å². The molecule has 4 heteroatoms. The highest BCUT2D eigenvalue weighted by Gasteiger charge is 2.34. The van der Waals surface area contributed by atoms with Gasteiger partial charge in [-0.25, -0.2) is 0 Å². The second-order valence-electron chi connectivity index (χ2n) is 4.89. The first kappa shape index (κ1) is 10.0. The molecule has 1 aromatic rings. The number of likely N-dealkylation sites (N-methyl/N-ethyl adjacent to an activating group) is 1. The normalized spacial score (nSPS) is 30.4. The Morgan fingerprint density at radius 3 is 2.88 bits per heavy atom. The molecule has 0 unspecified atom stereocenters. The number of hydrogen-bond acceptors (Lipinski definition) is 4. The lowest BCUT2D eigenvalue weighted by Crippen LogP contribution is -2.36. The molecule has 0 amide bonds. The fourth-order valence-electron chi connectivity index (χ4n) is 3.01. The average Bonchev–Trinajstić information content (AvgIpc) is 2.54. The Hall–Kier alpha value is -1.16. The van der Waals surface area contributed by atoms with Crippen LogP contribution in [0.4, 0.5) is 5.69 Å². The lowest BCUT2D eigenvalue weighted by atomic mass is 10.1. The van der Waals surface area contributed by atoms with Gasteiger partial charge in [0.15, 0.2) is 0 Å². The number of rotatable bonds is 1. The van der Waals surface area contributed by atoms with Gasteiger partial charge in [0.25, 0.3) is 0 Å². The van der Waals surface area contributed by atoms with Crippen molar-refractivity contribution in [2.24, 2.45) is 0 Å². The van der Waals surface area contributed by atoms with Gasteiger partial charge in [0, 0.05) is 25.2 Å². The fraction of sp³-hybridized carbons (Fsp3) is 0.667. The summed E-state index contributed by atoms with van der Waals surface area (Å²) in [5.74, 6) is 0. The standard InChI is InChI=1S/C12H18N4/c1-15-10-2-3-12(15)9-16(7-5-10)11-4-6-13-14-8-11/h4,6,8,10,12H,2-3,5,7,9H2,1H3/t10-,12+/m0/s1. The smallest absolute Gasteiger partial charge is 0.0729 e. The summed E-state index contributed by atoms with van der Waals surface area (Å²) in [6.07, 6.45) is 7.65. The molecule has 0 aliphatic carbocycles. The van der Waals surface area contributed by atoms with Crippen molar-refractivity contribution in [3.05, 3.63) is 18.5 Å². The van der Waals surface area contributed by atoms with Crippen molar-refractivity contribution in [1.82, 2.24) is 15.1 Å². The van der Waals surface area contributed by atoms with E-state index in [1.54, 1.807) is 6.20 Å². The molecule has 1 aromatic heterocycles. The van der Waals surface area contributed by atoms with Crippen LogP contribution in [0.2, 0.25) is 0 Å². The van der Waals surface area contributed by atoms with E-state index in [1.807, 2.05) is 6.20 Å². The average molecular weight is 218 g/mol. The van der Waals surface area contributed by atoms with Crippen LogP contribution in [0.3, 0.4) is 0 Å². The third kappa shape index (κ3) is 1.67. The van der Waals surface area contributed by atoms with E-state index >= 15 is 0 Å². The molecule has 2 aliphatic heterocycles.